The van der Waals surface area contributed by atoms with Crippen molar-refractivity contribution in [2.45, 2.75) is 101 Å². The van der Waals surface area contributed by atoms with Crippen molar-refractivity contribution in [1.82, 2.24) is 19.4 Å². The van der Waals surface area contributed by atoms with E-state index in [0.29, 0.717) is 31.5 Å². The van der Waals surface area contributed by atoms with Crippen molar-refractivity contribution in [3.63, 3.8) is 0 Å². The van der Waals surface area contributed by atoms with Crippen molar-refractivity contribution in [3.05, 3.63) is 67.5 Å². The Bertz CT molecular complexity index is 1310. The second-order valence-electron chi connectivity index (χ2n) is 13.5. The summed E-state index contributed by atoms with van der Waals surface area (Å²) in [6.45, 7) is 20.5. The summed E-state index contributed by atoms with van der Waals surface area (Å²) in [6, 6.07) is 2.71. The molecule has 10 nitrogen and oxygen atoms in total. The summed E-state index contributed by atoms with van der Waals surface area (Å²) in [5, 5.41) is 0. The van der Waals surface area contributed by atoms with Gasteiger partial charge in [0.1, 0.15) is 6.04 Å². The van der Waals surface area contributed by atoms with E-state index in [2.05, 4.69) is 28.6 Å². The minimum Gasteiger partial charge on any atom is -0.466 e. The molecule has 0 saturated carbocycles. The van der Waals surface area contributed by atoms with Crippen LogP contribution in [-0.4, -0.2) is 85.8 Å². The van der Waals surface area contributed by atoms with Gasteiger partial charge in [-0.05, 0) is 116 Å². The molecule has 0 fully saturated rings. The number of aromatic nitrogens is 2. The number of nitrogens with zero attached hydrogens (tertiary/aromatic N) is 3. The number of aromatic amines is 1. The standard InChI is InChI=1S/C18H30N2O3.C10H16N2O.C9H18O2.CH4/c1-7-23-18(22)16(10-13(2)3)20-12-15(8-9-19(5)6)14(4)11-17(20)21;1-8-6-10(13)11-7-9(8)4-5-12(2)3;1-5-11-9(10)8(4)6-7(2)3;/h11-13,16H,7-10H2,1-6H3;6-7H,4-5H2,1-3H3,(H,11,13);7-8H,5-6H2,1-4H3;1H4. The molecule has 0 spiro atoms. The van der Waals surface area contributed by atoms with Crippen LogP contribution in [-0.2, 0) is 31.9 Å². The zero-order valence-electron chi connectivity index (χ0n) is 31.6. The highest BCUT2D eigenvalue weighted by Gasteiger charge is 2.24. The van der Waals surface area contributed by atoms with E-state index in [0.717, 1.165) is 49.0 Å². The van der Waals surface area contributed by atoms with Gasteiger partial charge in [-0.3, -0.25) is 14.4 Å². The molecule has 2 aromatic rings. The molecule has 10 heteroatoms. The Labute approximate surface area is 291 Å². The predicted octanol–water partition coefficient (Wildman–Crippen LogP) is 6.07. The molecule has 0 aliphatic rings. The second-order valence-corrected chi connectivity index (χ2v) is 13.5. The largest absolute Gasteiger partial charge is 0.466 e. The molecule has 276 valence electrons. The number of esters is 2. The van der Waals surface area contributed by atoms with Crippen molar-refractivity contribution >= 4 is 11.9 Å². The molecular weight excluding hydrogens is 608 g/mol. The monoisotopic (exact) mass is 677 g/mol. The third-order valence-corrected chi connectivity index (χ3v) is 7.40. The zero-order valence-corrected chi connectivity index (χ0v) is 31.6. The summed E-state index contributed by atoms with van der Waals surface area (Å²) < 4.78 is 11.6. The Morgan fingerprint density at radius 2 is 1.25 bits per heavy atom. The van der Waals surface area contributed by atoms with Gasteiger partial charge >= 0.3 is 11.9 Å². The van der Waals surface area contributed by atoms with Gasteiger partial charge in [0.05, 0.1) is 19.1 Å². The molecule has 0 amide bonds. The van der Waals surface area contributed by atoms with E-state index in [1.807, 2.05) is 75.9 Å². The maximum Gasteiger partial charge on any atom is 0.329 e. The number of hydrogen-bond acceptors (Lipinski definition) is 8. The fraction of sp³-hybridized carbons (Fsp3) is 0.684. The van der Waals surface area contributed by atoms with Crippen LogP contribution in [0.5, 0.6) is 0 Å². The number of H-pyrrole nitrogens is 1. The van der Waals surface area contributed by atoms with Gasteiger partial charge in [0.25, 0.3) is 5.56 Å². The van der Waals surface area contributed by atoms with Gasteiger partial charge in [0.15, 0.2) is 0 Å². The van der Waals surface area contributed by atoms with Gasteiger partial charge < -0.3 is 28.8 Å². The van der Waals surface area contributed by atoms with Gasteiger partial charge in [-0.1, -0.05) is 42.0 Å². The first-order valence-corrected chi connectivity index (χ1v) is 17.0. The van der Waals surface area contributed by atoms with Crippen molar-refractivity contribution in [2.75, 3.05) is 54.5 Å². The molecule has 0 aliphatic heterocycles. The van der Waals surface area contributed by atoms with Crippen LogP contribution in [0.3, 0.4) is 0 Å². The number of rotatable bonds is 15. The van der Waals surface area contributed by atoms with Gasteiger partial charge in [-0.25, -0.2) is 4.79 Å². The van der Waals surface area contributed by atoms with E-state index in [9.17, 15) is 19.2 Å². The lowest BCUT2D eigenvalue weighted by Crippen LogP contribution is -2.32. The summed E-state index contributed by atoms with van der Waals surface area (Å²) in [7, 11) is 8.12. The van der Waals surface area contributed by atoms with Crippen molar-refractivity contribution in [3.8, 4) is 0 Å². The normalized spacial score (nSPS) is 12.0. The van der Waals surface area contributed by atoms with Crippen LogP contribution in [0.4, 0.5) is 0 Å². The molecule has 1 N–H and O–H groups in total. The first kappa shape index (κ1) is 46.9. The van der Waals surface area contributed by atoms with Crippen LogP contribution in [0.1, 0.15) is 97.0 Å². The summed E-state index contributed by atoms with van der Waals surface area (Å²) in [4.78, 5) is 53.6. The highest BCUT2D eigenvalue weighted by molar-refractivity contribution is 5.74. The number of nitrogens with one attached hydrogen (secondary N) is 1. The number of carbonyl (C=O) groups is 2. The van der Waals surface area contributed by atoms with Crippen LogP contribution in [0.25, 0.3) is 0 Å². The summed E-state index contributed by atoms with van der Waals surface area (Å²) in [5.74, 6) is 0.513. The van der Waals surface area contributed by atoms with E-state index >= 15 is 0 Å². The number of ether oxygens (including phenoxy) is 2. The Balaban J connectivity index is 0. The van der Waals surface area contributed by atoms with Gasteiger partial charge in [-0.15, -0.1) is 0 Å². The highest BCUT2D eigenvalue weighted by atomic mass is 16.5. The Morgan fingerprint density at radius 1 is 0.771 bits per heavy atom. The molecule has 2 atom stereocenters. The fourth-order valence-corrected chi connectivity index (χ4v) is 4.85. The molecule has 2 unspecified atom stereocenters. The van der Waals surface area contributed by atoms with Gasteiger partial charge in [-0.2, -0.15) is 0 Å². The van der Waals surface area contributed by atoms with E-state index < -0.39 is 6.04 Å². The Morgan fingerprint density at radius 3 is 1.71 bits per heavy atom. The predicted molar refractivity (Wildman–Crippen MR) is 199 cm³/mol. The Kier molecular flexibility index (Phi) is 24.3. The molecule has 0 radical (unpaired) electrons. The maximum absolute atomic E-state index is 12.4. The quantitative estimate of drug-likeness (QED) is 0.226. The van der Waals surface area contributed by atoms with Gasteiger partial charge in [0.2, 0.25) is 5.56 Å². The van der Waals surface area contributed by atoms with Crippen LogP contribution >= 0.6 is 0 Å². The second kappa shape index (κ2) is 24.8. The third kappa shape index (κ3) is 19.5. The van der Waals surface area contributed by atoms with Crippen molar-refractivity contribution in [1.29, 1.82) is 0 Å². The first-order valence-electron chi connectivity index (χ1n) is 17.0. The van der Waals surface area contributed by atoms with Crippen LogP contribution < -0.4 is 11.1 Å². The van der Waals surface area contributed by atoms with Gasteiger partial charge in [0, 0.05) is 37.6 Å². The summed E-state index contributed by atoms with van der Waals surface area (Å²) in [6.07, 6.45) is 6.98. The van der Waals surface area contributed by atoms with Crippen LogP contribution in [0.2, 0.25) is 0 Å². The van der Waals surface area contributed by atoms with E-state index in [4.69, 9.17) is 9.47 Å². The van der Waals surface area contributed by atoms with Crippen molar-refractivity contribution in [2.24, 2.45) is 17.8 Å². The molecule has 48 heavy (non-hydrogen) atoms. The smallest absolute Gasteiger partial charge is 0.329 e. The average molecular weight is 677 g/mol. The molecule has 2 rings (SSSR count). The lowest BCUT2D eigenvalue weighted by Gasteiger charge is -2.22. The molecule has 2 heterocycles. The number of hydrogen-bond donors (Lipinski definition) is 1. The van der Waals surface area contributed by atoms with Crippen LogP contribution in [0, 0.1) is 31.6 Å². The minimum absolute atomic E-state index is 0. The van der Waals surface area contributed by atoms with Crippen molar-refractivity contribution < 1.29 is 19.1 Å². The summed E-state index contributed by atoms with van der Waals surface area (Å²) in [5.41, 5.74) is 4.19. The van der Waals surface area contributed by atoms with E-state index in [-0.39, 0.29) is 36.4 Å². The number of aryl methyl sites for hydroxylation is 2. The number of likely N-dealkylation sites (N-methyl/N-ethyl adjacent to an activating group) is 2. The average Bonchev–Trinajstić information content (AvgIpc) is 2.95. The highest BCUT2D eigenvalue weighted by Crippen LogP contribution is 2.20. The fourth-order valence-electron chi connectivity index (χ4n) is 4.85. The molecular formula is C38H68N4O6. The first-order chi connectivity index (χ1) is 21.9. The SMILES string of the molecule is C.CCOC(=O)C(C)CC(C)C.CCOC(=O)C(CC(C)C)n1cc(CCN(C)C)c(C)cc1=O.Cc1cc(=O)[nH]cc1CCN(C)C. The third-order valence-electron chi connectivity index (χ3n) is 7.40. The van der Waals surface area contributed by atoms with E-state index in [1.165, 1.54) is 5.56 Å². The topological polar surface area (TPSA) is 114 Å². The van der Waals surface area contributed by atoms with E-state index in [1.54, 1.807) is 29.8 Å². The lowest BCUT2D eigenvalue weighted by molar-refractivity contribution is -0.148. The Hall–Kier alpha value is -3.24. The molecule has 2 aromatic heterocycles. The summed E-state index contributed by atoms with van der Waals surface area (Å²) >= 11 is 0. The number of pyridine rings is 2. The minimum atomic E-state index is -0.554. The van der Waals surface area contributed by atoms with Crippen LogP contribution in [0.15, 0.2) is 34.1 Å². The molecule has 0 bridgehead atoms. The molecule has 0 saturated heterocycles. The lowest BCUT2D eigenvalue weighted by atomic mass is 9.99. The maximum atomic E-state index is 12.4. The molecule has 0 aromatic carbocycles. The molecule has 0 aliphatic carbocycles. The zero-order chi connectivity index (χ0) is 36.3. The number of carbonyl (C=O) groups excluding carboxylic acids is 2.